The molecule has 0 aliphatic carbocycles. The molecule has 2 heterocycles. The Bertz CT molecular complexity index is 715. The maximum absolute atomic E-state index is 12.8. The number of hydrogen-bond donors (Lipinski definition) is 1. The van der Waals surface area contributed by atoms with Gasteiger partial charge in [0, 0.05) is 12.1 Å². The minimum atomic E-state index is -0.313. The Hall–Kier alpha value is -1.73. The Balaban J connectivity index is 2.15. The van der Waals surface area contributed by atoms with Crippen LogP contribution in [0.4, 0.5) is 0 Å². The van der Waals surface area contributed by atoms with Gasteiger partial charge in [0.15, 0.2) is 0 Å². The highest BCUT2D eigenvalue weighted by Crippen LogP contribution is 2.31. The molecule has 5 nitrogen and oxygen atoms in total. The first-order valence-corrected chi connectivity index (χ1v) is 9.52. The zero-order valence-corrected chi connectivity index (χ0v) is 16.3. The number of thiophene rings is 1. The van der Waals surface area contributed by atoms with E-state index in [0.29, 0.717) is 17.1 Å². The van der Waals surface area contributed by atoms with Crippen molar-refractivity contribution in [3.8, 4) is 9.88 Å². The maximum Gasteiger partial charge on any atom is 0.266 e. The summed E-state index contributed by atoms with van der Waals surface area (Å²) >= 11 is 2.99. The molecule has 2 aromatic rings. The molecular weight excluding hydrogens is 342 g/mol. The van der Waals surface area contributed by atoms with Crippen molar-refractivity contribution < 1.29 is 9.59 Å². The van der Waals surface area contributed by atoms with Crippen LogP contribution in [0.5, 0.6) is 0 Å². The van der Waals surface area contributed by atoms with Crippen LogP contribution in [0.15, 0.2) is 17.5 Å². The fraction of sp³-hybridized carbons (Fsp3) is 0.471. The Kier molecular flexibility index (Phi) is 5.77. The molecule has 0 spiro atoms. The van der Waals surface area contributed by atoms with Crippen molar-refractivity contribution in [3.63, 3.8) is 0 Å². The predicted molar refractivity (Wildman–Crippen MR) is 99.6 cm³/mol. The summed E-state index contributed by atoms with van der Waals surface area (Å²) in [5, 5.41) is 5.73. The molecule has 0 atom stereocenters. The van der Waals surface area contributed by atoms with E-state index in [2.05, 4.69) is 10.3 Å². The summed E-state index contributed by atoms with van der Waals surface area (Å²) in [5.74, 6) is -0.294. The van der Waals surface area contributed by atoms with Crippen LogP contribution in [0, 0.1) is 6.92 Å². The first-order chi connectivity index (χ1) is 11.2. The number of carbonyl (C=O) groups is 2. The van der Waals surface area contributed by atoms with Crippen LogP contribution in [0.2, 0.25) is 0 Å². The zero-order chi connectivity index (χ0) is 17.9. The molecule has 0 aliphatic heterocycles. The minimum absolute atomic E-state index is 0.0538. The predicted octanol–water partition coefficient (Wildman–Crippen LogP) is 3.56. The number of carbonyl (C=O) groups excluding carboxylic acids is 2. The van der Waals surface area contributed by atoms with Crippen molar-refractivity contribution in [1.29, 1.82) is 0 Å². The summed E-state index contributed by atoms with van der Waals surface area (Å²) in [6.07, 6.45) is 0. The van der Waals surface area contributed by atoms with Gasteiger partial charge in [0.1, 0.15) is 9.88 Å². The van der Waals surface area contributed by atoms with Gasteiger partial charge < -0.3 is 10.2 Å². The fourth-order valence-electron chi connectivity index (χ4n) is 2.20. The van der Waals surface area contributed by atoms with Gasteiger partial charge in [-0.05, 0) is 46.1 Å². The third-order valence-electron chi connectivity index (χ3n) is 3.24. The number of aromatic nitrogens is 1. The Morgan fingerprint density at radius 2 is 2.04 bits per heavy atom. The van der Waals surface area contributed by atoms with Gasteiger partial charge in [-0.25, -0.2) is 4.98 Å². The minimum Gasteiger partial charge on any atom is -0.350 e. The van der Waals surface area contributed by atoms with Crippen LogP contribution in [0.1, 0.15) is 43.1 Å². The average molecular weight is 366 g/mol. The highest BCUT2D eigenvalue weighted by atomic mass is 32.1. The number of nitrogens with one attached hydrogen (secondary N) is 1. The second-order valence-electron chi connectivity index (χ2n) is 6.53. The van der Waals surface area contributed by atoms with Crippen molar-refractivity contribution >= 4 is 34.5 Å². The lowest BCUT2D eigenvalue weighted by atomic mass is 10.1. The molecule has 7 heteroatoms. The first-order valence-electron chi connectivity index (χ1n) is 7.83. The number of rotatable bonds is 5. The second-order valence-corrected chi connectivity index (χ2v) is 8.48. The lowest BCUT2D eigenvalue weighted by Gasteiger charge is -2.24. The molecule has 0 saturated heterocycles. The summed E-state index contributed by atoms with van der Waals surface area (Å²) in [7, 11) is 0. The Morgan fingerprint density at radius 1 is 1.33 bits per heavy atom. The molecule has 2 aromatic heterocycles. The van der Waals surface area contributed by atoms with E-state index in [1.54, 1.807) is 16.2 Å². The van der Waals surface area contributed by atoms with E-state index >= 15 is 0 Å². The molecule has 0 aliphatic rings. The number of nitrogens with zero attached hydrogens (tertiary/aromatic N) is 2. The number of hydrogen-bond acceptors (Lipinski definition) is 5. The lowest BCUT2D eigenvalue weighted by Crippen LogP contribution is -2.47. The van der Waals surface area contributed by atoms with Crippen molar-refractivity contribution in [3.05, 3.63) is 28.1 Å². The van der Waals surface area contributed by atoms with Gasteiger partial charge in [0.25, 0.3) is 5.91 Å². The highest BCUT2D eigenvalue weighted by molar-refractivity contribution is 7.22. The van der Waals surface area contributed by atoms with Gasteiger partial charge in [-0.15, -0.1) is 22.7 Å². The van der Waals surface area contributed by atoms with Gasteiger partial charge >= 0.3 is 0 Å². The third kappa shape index (κ3) is 4.64. The van der Waals surface area contributed by atoms with Gasteiger partial charge in [0.05, 0.1) is 17.1 Å². The SMILES string of the molecule is CCN(CC(=O)NC(C)(C)C)C(=O)c1sc(-c2cccs2)nc1C. The molecule has 0 saturated carbocycles. The zero-order valence-electron chi connectivity index (χ0n) is 14.7. The van der Waals surface area contributed by atoms with Crippen LogP contribution in [-0.4, -0.2) is 40.3 Å². The number of thiazole rings is 1. The Morgan fingerprint density at radius 3 is 2.58 bits per heavy atom. The molecule has 2 amide bonds. The molecule has 1 N–H and O–H groups in total. The van der Waals surface area contributed by atoms with Crippen molar-refractivity contribution in [1.82, 2.24) is 15.2 Å². The third-order valence-corrected chi connectivity index (χ3v) is 5.43. The van der Waals surface area contributed by atoms with Crippen molar-refractivity contribution in [2.75, 3.05) is 13.1 Å². The largest absolute Gasteiger partial charge is 0.350 e. The molecule has 0 bridgehead atoms. The van der Waals surface area contributed by atoms with Gasteiger partial charge in [0.2, 0.25) is 5.91 Å². The van der Waals surface area contributed by atoms with Crippen LogP contribution in [0.25, 0.3) is 9.88 Å². The van der Waals surface area contributed by atoms with E-state index in [-0.39, 0.29) is 23.9 Å². The summed E-state index contributed by atoms with van der Waals surface area (Å²) in [5.41, 5.74) is 0.398. The average Bonchev–Trinajstić information content (AvgIpc) is 3.11. The monoisotopic (exact) mass is 365 g/mol. The highest BCUT2D eigenvalue weighted by Gasteiger charge is 2.24. The number of amides is 2. The fourth-order valence-corrected chi connectivity index (χ4v) is 4.03. The van der Waals surface area contributed by atoms with Crippen LogP contribution < -0.4 is 5.32 Å². The summed E-state index contributed by atoms with van der Waals surface area (Å²) in [6.45, 7) is 10.0. The van der Waals surface area contributed by atoms with Gasteiger partial charge in [-0.3, -0.25) is 9.59 Å². The van der Waals surface area contributed by atoms with E-state index in [0.717, 1.165) is 9.88 Å². The van der Waals surface area contributed by atoms with Crippen LogP contribution in [0.3, 0.4) is 0 Å². The quantitative estimate of drug-likeness (QED) is 0.881. The molecule has 0 aromatic carbocycles. The molecule has 24 heavy (non-hydrogen) atoms. The van der Waals surface area contributed by atoms with Crippen LogP contribution in [-0.2, 0) is 4.79 Å². The Labute approximate surface area is 150 Å². The van der Waals surface area contributed by atoms with Crippen LogP contribution >= 0.6 is 22.7 Å². The van der Waals surface area contributed by atoms with Gasteiger partial charge in [-0.2, -0.15) is 0 Å². The molecular formula is C17H23N3O2S2. The van der Waals surface area contributed by atoms with E-state index in [4.69, 9.17) is 0 Å². The summed E-state index contributed by atoms with van der Waals surface area (Å²) < 4.78 is 0. The topological polar surface area (TPSA) is 62.3 Å². The lowest BCUT2D eigenvalue weighted by molar-refractivity contribution is -0.123. The number of likely N-dealkylation sites (N-methyl/N-ethyl adjacent to an activating group) is 1. The van der Waals surface area contributed by atoms with E-state index in [1.165, 1.54) is 11.3 Å². The molecule has 0 fully saturated rings. The molecule has 0 radical (unpaired) electrons. The maximum atomic E-state index is 12.8. The van der Waals surface area contributed by atoms with Crippen molar-refractivity contribution in [2.24, 2.45) is 0 Å². The first kappa shape index (κ1) is 18.6. The molecule has 0 unspecified atom stereocenters. The van der Waals surface area contributed by atoms with Crippen molar-refractivity contribution in [2.45, 2.75) is 40.2 Å². The van der Waals surface area contributed by atoms with E-state index in [9.17, 15) is 9.59 Å². The molecule has 130 valence electrons. The summed E-state index contributed by atoms with van der Waals surface area (Å²) in [4.78, 5) is 32.6. The van der Waals surface area contributed by atoms with Gasteiger partial charge in [-0.1, -0.05) is 6.07 Å². The number of aryl methyl sites for hydroxylation is 1. The standard InChI is InChI=1S/C17H23N3O2S2/c1-6-20(10-13(21)19-17(3,4)5)16(22)14-11(2)18-15(24-14)12-8-7-9-23-12/h7-9H,6,10H2,1-5H3,(H,19,21). The van der Waals surface area contributed by atoms with E-state index in [1.807, 2.05) is 52.1 Å². The summed E-state index contributed by atoms with van der Waals surface area (Å²) in [6, 6.07) is 3.96. The molecule has 2 rings (SSSR count). The van der Waals surface area contributed by atoms with E-state index < -0.39 is 0 Å². The smallest absolute Gasteiger partial charge is 0.266 e. The normalized spacial score (nSPS) is 11.4. The second kappa shape index (κ2) is 7.44.